The molecule has 104 valence electrons. The molecule has 2 fully saturated rings. The largest absolute Gasteiger partial charge is 0.373 e. The molecule has 3 N–H and O–H groups in total. The summed E-state index contributed by atoms with van der Waals surface area (Å²) in [6.07, 6.45) is 9.82. The van der Waals surface area contributed by atoms with Gasteiger partial charge in [0.25, 0.3) is 0 Å². The van der Waals surface area contributed by atoms with Crippen LogP contribution in [0.2, 0.25) is 0 Å². The Morgan fingerprint density at radius 3 is 2.44 bits per heavy atom. The fraction of sp³-hybridized carbons (Fsp3) is 0.929. The second-order valence-electron chi connectivity index (χ2n) is 5.74. The molecule has 0 heterocycles. The monoisotopic (exact) mass is 254 g/mol. The van der Waals surface area contributed by atoms with Crippen molar-refractivity contribution in [2.75, 3.05) is 13.2 Å². The zero-order chi connectivity index (χ0) is 12.8. The van der Waals surface area contributed by atoms with E-state index in [1.165, 1.54) is 25.7 Å². The lowest BCUT2D eigenvalue weighted by molar-refractivity contribution is -0.124. The van der Waals surface area contributed by atoms with Crippen molar-refractivity contribution in [2.24, 2.45) is 5.73 Å². The molecule has 4 heteroatoms. The van der Waals surface area contributed by atoms with E-state index in [2.05, 4.69) is 5.32 Å². The highest BCUT2D eigenvalue weighted by Gasteiger charge is 2.30. The van der Waals surface area contributed by atoms with E-state index in [0.717, 1.165) is 25.7 Å². The summed E-state index contributed by atoms with van der Waals surface area (Å²) in [5.74, 6) is 0.123. The first-order valence-corrected chi connectivity index (χ1v) is 7.37. The van der Waals surface area contributed by atoms with Crippen LogP contribution in [0.4, 0.5) is 0 Å². The molecule has 0 bridgehead atoms. The molecule has 2 aliphatic carbocycles. The molecule has 2 aliphatic rings. The third-order valence-corrected chi connectivity index (χ3v) is 4.07. The van der Waals surface area contributed by atoms with Crippen molar-refractivity contribution >= 4 is 5.91 Å². The van der Waals surface area contributed by atoms with E-state index in [-0.39, 0.29) is 11.5 Å². The van der Waals surface area contributed by atoms with Crippen LogP contribution in [0, 0.1) is 0 Å². The van der Waals surface area contributed by atoms with Crippen molar-refractivity contribution in [1.29, 1.82) is 0 Å². The molecular formula is C14H26N2O2. The zero-order valence-corrected chi connectivity index (χ0v) is 11.2. The van der Waals surface area contributed by atoms with Gasteiger partial charge in [-0.05, 0) is 25.7 Å². The Balaban J connectivity index is 1.69. The minimum absolute atomic E-state index is 0.123. The van der Waals surface area contributed by atoms with Gasteiger partial charge in [-0.15, -0.1) is 0 Å². The summed E-state index contributed by atoms with van der Waals surface area (Å²) >= 11 is 0. The summed E-state index contributed by atoms with van der Waals surface area (Å²) in [6, 6.07) is 0.443. The Kier molecular flexibility index (Phi) is 5.01. The maximum atomic E-state index is 11.6. The minimum Gasteiger partial charge on any atom is -0.373 e. The van der Waals surface area contributed by atoms with Crippen molar-refractivity contribution in [3.63, 3.8) is 0 Å². The van der Waals surface area contributed by atoms with Crippen LogP contribution < -0.4 is 11.1 Å². The van der Waals surface area contributed by atoms with E-state index in [1.807, 2.05) is 0 Å². The molecule has 0 spiro atoms. The Hall–Kier alpha value is -0.610. The van der Waals surface area contributed by atoms with Crippen LogP contribution in [0.15, 0.2) is 0 Å². The molecule has 0 radical (unpaired) electrons. The normalized spacial score (nSPS) is 23.4. The van der Waals surface area contributed by atoms with Crippen molar-refractivity contribution in [2.45, 2.75) is 69.4 Å². The second-order valence-corrected chi connectivity index (χ2v) is 5.74. The van der Waals surface area contributed by atoms with Crippen LogP contribution in [0.3, 0.4) is 0 Å². The number of nitrogens with two attached hydrogens (primary N) is 1. The van der Waals surface area contributed by atoms with Crippen LogP contribution in [-0.4, -0.2) is 30.7 Å². The van der Waals surface area contributed by atoms with Crippen LogP contribution in [-0.2, 0) is 9.53 Å². The summed E-state index contributed by atoms with van der Waals surface area (Å²) in [5.41, 5.74) is 5.73. The molecule has 0 aromatic carbocycles. The Bertz CT molecular complexity index is 269. The Labute approximate surface area is 110 Å². The standard InChI is InChI=1S/C14H26N2O2/c15-11-14(8-3-1-2-4-9-14)18-10-7-13(17)16-12-5-6-12/h12H,1-11,15H2,(H,16,17). The lowest BCUT2D eigenvalue weighted by atomic mass is 9.94. The fourth-order valence-corrected chi connectivity index (χ4v) is 2.67. The van der Waals surface area contributed by atoms with Gasteiger partial charge in [0.05, 0.1) is 12.2 Å². The summed E-state index contributed by atoms with van der Waals surface area (Å²) in [5, 5.41) is 2.98. The Morgan fingerprint density at radius 2 is 1.89 bits per heavy atom. The lowest BCUT2D eigenvalue weighted by Crippen LogP contribution is -2.41. The molecular weight excluding hydrogens is 228 g/mol. The van der Waals surface area contributed by atoms with E-state index >= 15 is 0 Å². The smallest absolute Gasteiger partial charge is 0.222 e. The first kappa shape index (κ1) is 13.8. The summed E-state index contributed by atoms with van der Waals surface area (Å²) in [4.78, 5) is 11.6. The minimum atomic E-state index is -0.156. The summed E-state index contributed by atoms with van der Waals surface area (Å²) in [6.45, 7) is 1.09. The quantitative estimate of drug-likeness (QED) is 0.709. The first-order chi connectivity index (χ1) is 8.74. The maximum Gasteiger partial charge on any atom is 0.222 e. The number of amides is 1. The van der Waals surface area contributed by atoms with Gasteiger partial charge < -0.3 is 15.8 Å². The molecule has 0 saturated heterocycles. The van der Waals surface area contributed by atoms with Gasteiger partial charge in [-0.25, -0.2) is 0 Å². The van der Waals surface area contributed by atoms with Crippen molar-refractivity contribution in [1.82, 2.24) is 5.32 Å². The number of ether oxygens (including phenoxy) is 1. The van der Waals surface area contributed by atoms with Crippen LogP contribution >= 0.6 is 0 Å². The van der Waals surface area contributed by atoms with Gasteiger partial charge >= 0.3 is 0 Å². The maximum absolute atomic E-state index is 11.6. The molecule has 2 saturated carbocycles. The molecule has 18 heavy (non-hydrogen) atoms. The highest BCUT2D eigenvalue weighted by Crippen LogP contribution is 2.29. The van der Waals surface area contributed by atoms with Crippen molar-refractivity contribution in [3.8, 4) is 0 Å². The number of hydrogen-bond acceptors (Lipinski definition) is 3. The number of carbonyl (C=O) groups excluding carboxylic acids is 1. The van der Waals surface area contributed by atoms with Crippen molar-refractivity contribution in [3.05, 3.63) is 0 Å². The first-order valence-electron chi connectivity index (χ1n) is 7.37. The van der Waals surface area contributed by atoms with Gasteiger partial charge in [-0.1, -0.05) is 25.7 Å². The highest BCUT2D eigenvalue weighted by atomic mass is 16.5. The van der Waals surface area contributed by atoms with Gasteiger partial charge in [-0.2, -0.15) is 0 Å². The predicted molar refractivity (Wildman–Crippen MR) is 71.2 cm³/mol. The molecule has 0 aromatic heterocycles. The molecule has 4 nitrogen and oxygen atoms in total. The summed E-state index contributed by atoms with van der Waals surface area (Å²) in [7, 11) is 0. The number of rotatable bonds is 6. The lowest BCUT2D eigenvalue weighted by Gasteiger charge is -2.31. The highest BCUT2D eigenvalue weighted by molar-refractivity contribution is 5.76. The van der Waals surface area contributed by atoms with Crippen LogP contribution in [0.25, 0.3) is 0 Å². The van der Waals surface area contributed by atoms with Gasteiger partial charge in [0.2, 0.25) is 5.91 Å². The summed E-state index contributed by atoms with van der Waals surface area (Å²) < 4.78 is 5.99. The van der Waals surface area contributed by atoms with E-state index < -0.39 is 0 Å². The zero-order valence-electron chi connectivity index (χ0n) is 11.2. The topological polar surface area (TPSA) is 64.3 Å². The van der Waals surface area contributed by atoms with E-state index in [4.69, 9.17) is 10.5 Å². The predicted octanol–water partition coefficient (Wildman–Crippen LogP) is 1.72. The van der Waals surface area contributed by atoms with Gasteiger partial charge in [0.15, 0.2) is 0 Å². The number of nitrogens with one attached hydrogen (secondary N) is 1. The number of carbonyl (C=O) groups is 1. The molecule has 0 aliphatic heterocycles. The van der Waals surface area contributed by atoms with E-state index in [9.17, 15) is 4.79 Å². The van der Waals surface area contributed by atoms with Crippen LogP contribution in [0.1, 0.15) is 57.8 Å². The van der Waals surface area contributed by atoms with Crippen molar-refractivity contribution < 1.29 is 9.53 Å². The Morgan fingerprint density at radius 1 is 1.22 bits per heavy atom. The molecule has 2 rings (SSSR count). The van der Waals surface area contributed by atoms with E-state index in [1.54, 1.807) is 0 Å². The van der Waals surface area contributed by atoms with Gasteiger partial charge in [-0.3, -0.25) is 4.79 Å². The van der Waals surface area contributed by atoms with Gasteiger partial charge in [0.1, 0.15) is 0 Å². The SMILES string of the molecule is NCC1(OCCC(=O)NC2CC2)CCCCCC1. The molecule has 1 amide bonds. The van der Waals surface area contributed by atoms with E-state index in [0.29, 0.717) is 25.6 Å². The van der Waals surface area contributed by atoms with Crippen LogP contribution in [0.5, 0.6) is 0 Å². The molecule has 0 unspecified atom stereocenters. The third-order valence-electron chi connectivity index (χ3n) is 4.07. The number of hydrogen-bond donors (Lipinski definition) is 2. The average Bonchev–Trinajstić information content (AvgIpc) is 3.17. The van der Waals surface area contributed by atoms with Gasteiger partial charge in [0, 0.05) is 19.0 Å². The third kappa shape index (κ3) is 4.25. The second kappa shape index (κ2) is 6.53. The average molecular weight is 254 g/mol. The molecule has 0 aromatic rings. The molecule has 0 atom stereocenters. The fourth-order valence-electron chi connectivity index (χ4n) is 2.67.